The average molecular weight is 324 g/mol. The topological polar surface area (TPSA) is 67.8 Å². The van der Waals surface area contributed by atoms with Gasteiger partial charge in [0.25, 0.3) is 10.0 Å². The summed E-state index contributed by atoms with van der Waals surface area (Å²) < 4.78 is 29.2. The van der Waals surface area contributed by atoms with E-state index in [1.54, 1.807) is 30.4 Å². The Labute approximate surface area is 128 Å². The molecule has 1 heterocycles. The van der Waals surface area contributed by atoms with Gasteiger partial charge in [-0.3, -0.25) is 0 Å². The number of aryl methyl sites for hydroxylation is 1. The van der Waals surface area contributed by atoms with Gasteiger partial charge in [0.05, 0.1) is 22.6 Å². The fourth-order valence-electron chi connectivity index (χ4n) is 1.62. The summed E-state index contributed by atoms with van der Waals surface area (Å²) in [6, 6.07) is 10.0. The van der Waals surface area contributed by atoms with Crippen LogP contribution in [-0.4, -0.2) is 21.2 Å². The van der Waals surface area contributed by atoms with Gasteiger partial charge in [0.2, 0.25) is 0 Å². The van der Waals surface area contributed by atoms with Gasteiger partial charge in [-0.05, 0) is 50.2 Å². The van der Waals surface area contributed by atoms with Crippen molar-refractivity contribution in [3.8, 4) is 5.75 Å². The first kappa shape index (κ1) is 15.5. The Hall–Kier alpha value is -1.86. The van der Waals surface area contributed by atoms with Crippen LogP contribution in [0.15, 0.2) is 46.4 Å². The van der Waals surface area contributed by atoms with E-state index in [1.165, 1.54) is 19.2 Å². The summed E-state index contributed by atoms with van der Waals surface area (Å²) in [5, 5.41) is 3.96. The Balaban J connectivity index is 2.17. The summed E-state index contributed by atoms with van der Waals surface area (Å²) in [6.45, 7) is 3.75. The van der Waals surface area contributed by atoms with Crippen LogP contribution in [0, 0.1) is 6.92 Å². The number of hydrogen-bond acceptors (Lipinski definition) is 5. The van der Waals surface area contributed by atoms with E-state index in [0.29, 0.717) is 11.5 Å². The van der Waals surface area contributed by atoms with E-state index in [4.69, 9.17) is 4.74 Å². The molecule has 1 aromatic heterocycles. The quantitative estimate of drug-likeness (QED) is 0.679. The van der Waals surface area contributed by atoms with Crippen LogP contribution in [0.4, 0.5) is 0 Å². The number of rotatable bonds is 5. The molecule has 0 radical (unpaired) electrons. The first-order valence-electron chi connectivity index (χ1n) is 6.19. The molecule has 2 rings (SSSR count). The minimum absolute atomic E-state index is 0.141. The lowest BCUT2D eigenvalue weighted by molar-refractivity contribution is 0.414. The molecular formula is C14H16N2O3S2. The highest BCUT2D eigenvalue weighted by molar-refractivity contribution is 7.89. The molecule has 0 aliphatic carbocycles. The largest absolute Gasteiger partial charge is 0.497 e. The molecule has 0 unspecified atom stereocenters. The van der Waals surface area contributed by atoms with Gasteiger partial charge in [-0.25, -0.2) is 0 Å². The van der Waals surface area contributed by atoms with E-state index in [-0.39, 0.29) is 4.90 Å². The number of sulfonamides is 1. The maximum atomic E-state index is 12.1. The smallest absolute Gasteiger partial charge is 0.276 e. The van der Waals surface area contributed by atoms with Gasteiger partial charge in [0, 0.05) is 4.88 Å². The predicted octanol–water partition coefficient (Wildman–Crippen LogP) is 2.77. The molecule has 7 heteroatoms. The minimum Gasteiger partial charge on any atom is -0.497 e. The molecule has 1 N–H and O–H groups in total. The van der Waals surface area contributed by atoms with E-state index in [0.717, 1.165) is 9.75 Å². The molecule has 0 fully saturated rings. The van der Waals surface area contributed by atoms with E-state index < -0.39 is 10.0 Å². The van der Waals surface area contributed by atoms with Crippen LogP contribution >= 0.6 is 11.3 Å². The Kier molecular flexibility index (Phi) is 4.64. The number of thiophene rings is 1. The third-order valence-corrected chi connectivity index (χ3v) is 5.13. The second-order valence-corrected chi connectivity index (χ2v) is 7.33. The van der Waals surface area contributed by atoms with Crippen LogP contribution in [-0.2, 0) is 10.0 Å². The standard InChI is InChI=1S/C14H16N2O3S2/c1-10-4-9-14(20-10)11(2)15-16-21(17,18)13-7-5-12(19-3)6-8-13/h4-9,16H,1-3H3/b15-11+. The second-order valence-electron chi connectivity index (χ2n) is 4.38. The van der Waals surface area contributed by atoms with Crippen LogP contribution < -0.4 is 9.57 Å². The molecule has 0 saturated heterocycles. The number of ether oxygens (including phenoxy) is 1. The van der Waals surface area contributed by atoms with Crippen molar-refractivity contribution in [3.05, 3.63) is 46.2 Å². The summed E-state index contributed by atoms with van der Waals surface area (Å²) in [5.41, 5.74) is 0.630. The minimum atomic E-state index is -3.67. The Morgan fingerprint density at radius 3 is 2.38 bits per heavy atom. The third kappa shape index (κ3) is 3.83. The van der Waals surface area contributed by atoms with Crippen LogP contribution in [0.1, 0.15) is 16.7 Å². The van der Waals surface area contributed by atoms with Crippen LogP contribution in [0.2, 0.25) is 0 Å². The molecule has 5 nitrogen and oxygen atoms in total. The van der Waals surface area contributed by atoms with Gasteiger partial charge >= 0.3 is 0 Å². The van der Waals surface area contributed by atoms with Crippen molar-refractivity contribution in [1.29, 1.82) is 0 Å². The molecule has 0 amide bonds. The van der Waals surface area contributed by atoms with Crippen molar-refractivity contribution in [2.45, 2.75) is 18.7 Å². The fourth-order valence-corrected chi connectivity index (χ4v) is 3.29. The van der Waals surface area contributed by atoms with E-state index in [2.05, 4.69) is 9.93 Å². The monoisotopic (exact) mass is 324 g/mol. The lowest BCUT2D eigenvalue weighted by Crippen LogP contribution is -2.19. The Bertz CT molecular complexity index is 747. The van der Waals surface area contributed by atoms with Crippen molar-refractivity contribution in [1.82, 2.24) is 4.83 Å². The molecular weight excluding hydrogens is 308 g/mol. The van der Waals surface area contributed by atoms with Gasteiger partial charge in [-0.2, -0.15) is 18.4 Å². The predicted molar refractivity (Wildman–Crippen MR) is 84.6 cm³/mol. The highest BCUT2D eigenvalue weighted by Gasteiger charge is 2.13. The maximum absolute atomic E-state index is 12.1. The number of hydrogen-bond donors (Lipinski definition) is 1. The maximum Gasteiger partial charge on any atom is 0.276 e. The molecule has 0 saturated carbocycles. The van der Waals surface area contributed by atoms with Crippen molar-refractivity contribution in [2.24, 2.45) is 5.10 Å². The van der Waals surface area contributed by atoms with Crippen molar-refractivity contribution in [2.75, 3.05) is 7.11 Å². The number of hydrazone groups is 1. The molecule has 0 spiro atoms. The second kappa shape index (κ2) is 6.28. The number of benzene rings is 1. The Morgan fingerprint density at radius 1 is 1.19 bits per heavy atom. The molecule has 112 valence electrons. The van der Waals surface area contributed by atoms with E-state index in [9.17, 15) is 8.42 Å². The molecule has 0 atom stereocenters. The van der Waals surface area contributed by atoms with Gasteiger partial charge in [0.15, 0.2) is 0 Å². The molecule has 0 bridgehead atoms. The van der Waals surface area contributed by atoms with Gasteiger partial charge in [-0.15, -0.1) is 11.3 Å². The van der Waals surface area contributed by atoms with Gasteiger partial charge in [-0.1, -0.05) is 0 Å². The lowest BCUT2D eigenvalue weighted by Gasteiger charge is -2.05. The zero-order valence-electron chi connectivity index (χ0n) is 12.0. The van der Waals surface area contributed by atoms with Crippen molar-refractivity contribution in [3.63, 3.8) is 0 Å². The van der Waals surface area contributed by atoms with Crippen molar-refractivity contribution < 1.29 is 13.2 Å². The van der Waals surface area contributed by atoms with Gasteiger partial charge in [0.1, 0.15) is 5.75 Å². The first-order valence-corrected chi connectivity index (χ1v) is 8.49. The third-order valence-electron chi connectivity index (χ3n) is 2.80. The summed E-state index contributed by atoms with van der Waals surface area (Å²) in [4.78, 5) is 4.47. The van der Waals surface area contributed by atoms with Crippen LogP contribution in [0.5, 0.6) is 5.75 Å². The number of methoxy groups -OCH3 is 1. The highest BCUT2D eigenvalue weighted by atomic mass is 32.2. The van der Waals surface area contributed by atoms with Crippen LogP contribution in [0.3, 0.4) is 0 Å². The first-order chi connectivity index (χ1) is 9.92. The molecule has 0 aliphatic heterocycles. The zero-order chi connectivity index (χ0) is 15.5. The molecule has 1 aromatic carbocycles. The summed E-state index contributed by atoms with van der Waals surface area (Å²) in [5.74, 6) is 0.600. The average Bonchev–Trinajstić information content (AvgIpc) is 2.91. The normalized spacial score (nSPS) is 12.2. The summed E-state index contributed by atoms with van der Waals surface area (Å²) >= 11 is 1.57. The van der Waals surface area contributed by atoms with Crippen LogP contribution in [0.25, 0.3) is 0 Å². The summed E-state index contributed by atoms with van der Waals surface area (Å²) in [7, 11) is -2.14. The highest BCUT2D eigenvalue weighted by Crippen LogP contribution is 2.17. The van der Waals surface area contributed by atoms with E-state index in [1.807, 2.05) is 19.1 Å². The number of nitrogens with zero attached hydrogens (tertiary/aromatic N) is 1. The lowest BCUT2D eigenvalue weighted by atomic mass is 10.3. The SMILES string of the molecule is COc1ccc(S(=O)(=O)N/N=C(\C)c2ccc(C)s2)cc1. The summed E-state index contributed by atoms with van der Waals surface area (Å²) in [6.07, 6.45) is 0. The fraction of sp³-hybridized carbons (Fsp3) is 0.214. The molecule has 2 aromatic rings. The van der Waals surface area contributed by atoms with E-state index >= 15 is 0 Å². The molecule has 0 aliphatic rings. The van der Waals surface area contributed by atoms with Gasteiger partial charge < -0.3 is 4.74 Å². The zero-order valence-corrected chi connectivity index (χ0v) is 13.6. The number of nitrogens with one attached hydrogen (secondary N) is 1. The van der Waals surface area contributed by atoms with Crippen molar-refractivity contribution >= 4 is 27.1 Å². The Morgan fingerprint density at radius 2 is 1.86 bits per heavy atom. The molecule has 21 heavy (non-hydrogen) atoms.